The number of aryl methyl sites for hydroxylation is 1. The van der Waals surface area contributed by atoms with Crippen LogP contribution in [0.4, 0.5) is 0 Å². The van der Waals surface area contributed by atoms with Gasteiger partial charge in [-0.2, -0.15) is 0 Å². The first-order valence-corrected chi connectivity index (χ1v) is 11.9. The van der Waals surface area contributed by atoms with Crippen LogP contribution in [0.5, 0.6) is 0 Å². The van der Waals surface area contributed by atoms with Crippen molar-refractivity contribution in [2.45, 2.75) is 57.8 Å². The minimum absolute atomic E-state index is 0.0932. The highest BCUT2D eigenvalue weighted by Gasteiger charge is 2.45. The third-order valence-electron chi connectivity index (χ3n) is 7.38. The molecule has 0 bridgehead atoms. The number of para-hydroxylation sites is 2. The molecule has 3 unspecified atom stereocenters. The molecule has 2 amide bonds. The monoisotopic (exact) mass is 440 g/mol. The maximum atomic E-state index is 13.1. The van der Waals surface area contributed by atoms with Gasteiger partial charge in [-0.05, 0) is 45.9 Å². The first kappa shape index (κ1) is 22.7. The van der Waals surface area contributed by atoms with Gasteiger partial charge >= 0.3 is 0 Å². The van der Waals surface area contributed by atoms with E-state index >= 15 is 0 Å². The van der Waals surface area contributed by atoms with Crippen LogP contribution in [0, 0.1) is 0 Å². The van der Waals surface area contributed by atoms with E-state index in [1.54, 1.807) is 0 Å². The molecule has 1 aromatic heterocycles. The Bertz CT molecular complexity index is 969. The lowest BCUT2D eigenvalue weighted by Gasteiger charge is -2.33. The number of rotatable bonds is 7. The lowest BCUT2D eigenvalue weighted by atomic mass is 10.0. The molecule has 2 fully saturated rings. The molecule has 3 heterocycles. The average molecular weight is 441 g/mol. The van der Waals surface area contributed by atoms with Crippen molar-refractivity contribution in [2.75, 3.05) is 33.2 Å². The van der Waals surface area contributed by atoms with Crippen LogP contribution in [-0.2, 0) is 23.2 Å². The zero-order valence-corrected chi connectivity index (χ0v) is 19.8. The Morgan fingerprint density at radius 3 is 2.69 bits per heavy atom. The van der Waals surface area contributed by atoms with E-state index < -0.39 is 0 Å². The van der Waals surface area contributed by atoms with Crippen molar-refractivity contribution in [3.63, 3.8) is 0 Å². The number of likely N-dealkylation sites (tertiary alicyclic amines) is 1. The lowest BCUT2D eigenvalue weighted by molar-refractivity contribution is -0.131. The second-order valence-corrected chi connectivity index (χ2v) is 9.02. The summed E-state index contributed by atoms with van der Waals surface area (Å²) in [5, 5.41) is 3.16. The Morgan fingerprint density at radius 2 is 1.97 bits per heavy atom. The van der Waals surface area contributed by atoms with Crippen LogP contribution in [-0.4, -0.2) is 87.4 Å². The van der Waals surface area contributed by atoms with Crippen molar-refractivity contribution in [3.8, 4) is 0 Å². The van der Waals surface area contributed by atoms with Gasteiger partial charge in [0, 0.05) is 51.7 Å². The molecule has 0 saturated carbocycles. The molecule has 32 heavy (non-hydrogen) atoms. The number of carbonyl (C=O) groups excluding carboxylic acids is 2. The first-order chi connectivity index (χ1) is 15.4. The number of aromatic nitrogens is 2. The van der Waals surface area contributed by atoms with Gasteiger partial charge in [-0.3, -0.25) is 19.4 Å². The zero-order chi connectivity index (χ0) is 22.8. The third kappa shape index (κ3) is 4.26. The van der Waals surface area contributed by atoms with Gasteiger partial charge in [0.2, 0.25) is 11.8 Å². The predicted octanol–water partition coefficient (Wildman–Crippen LogP) is 1.60. The quantitative estimate of drug-likeness (QED) is 0.708. The van der Waals surface area contributed by atoms with E-state index in [0.29, 0.717) is 19.5 Å². The van der Waals surface area contributed by atoms with E-state index in [1.807, 2.05) is 44.0 Å². The molecule has 2 aromatic rings. The fourth-order valence-corrected chi connectivity index (χ4v) is 5.37. The molecule has 1 aromatic carbocycles. The molecule has 2 saturated heterocycles. The van der Waals surface area contributed by atoms with Crippen molar-refractivity contribution >= 4 is 22.8 Å². The highest BCUT2D eigenvalue weighted by atomic mass is 16.2. The molecule has 0 aliphatic carbocycles. The van der Waals surface area contributed by atoms with Gasteiger partial charge in [-0.15, -0.1) is 0 Å². The largest absolute Gasteiger partial charge is 0.353 e. The van der Waals surface area contributed by atoms with Crippen LogP contribution in [0.25, 0.3) is 11.0 Å². The molecule has 0 spiro atoms. The third-order valence-corrected chi connectivity index (χ3v) is 7.38. The van der Waals surface area contributed by atoms with Crippen molar-refractivity contribution in [1.29, 1.82) is 0 Å². The zero-order valence-electron chi connectivity index (χ0n) is 19.8. The molecular weight excluding hydrogens is 404 g/mol. The van der Waals surface area contributed by atoms with E-state index in [-0.39, 0.29) is 29.9 Å². The van der Waals surface area contributed by atoms with Crippen LogP contribution in [0.3, 0.4) is 0 Å². The van der Waals surface area contributed by atoms with Gasteiger partial charge in [0.1, 0.15) is 11.9 Å². The lowest BCUT2D eigenvalue weighted by Crippen LogP contribution is -2.49. The summed E-state index contributed by atoms with van der Waals surface area (Å²) >= 11 is 0. The maximum Gasteiger partial charge on any atom is 0.239 e. The summed E-state index contributed by atoms with van der Waals surface area (Å²) in [6, 6.07) is 8.27. The van der Waals surface area contributed by atoms with E-state index in [9.17, 15) is 9.59 Å². The molecule has 4 rings (SSSR count). The second-order valence-electron chi connectivity index (χ2n) is 9.02. The Hall–Kier alpha value is -2.45. The van der Waals surface area contributed by atoms with Crippen molar-refractivity contribution in [3.05, 3.63) is 30.1 Å². The second kappa shape index (κ2) is 9.58. The first-order valence-electron chi connectivity index (χ1n) is 11.9. The number of likely N-dealkylation sites (N-methyl/N-ethyl adjacent to an activating group) is 1. The molecule has 8 heteroatoms. The molecule has 0 radical (unpaired) electrons. The van der Waals surface area contributed by atoms with Crippen LogP contribution in [0.15, 0.2) is 24.3 Å². The molecular formula is C24H36N6O2. The molecule has 174 valence electrons. The van der Waals surface area contributed by atoms with Crippen LogP contribution >= 0.6 is 0 Å². The van der Waals surface area contributed by atoms with Gasteiger partial charge in [0.15, 0.2) is 0 Å². The van der Waals surface area contributed by atoms with Gasteiger partial charge in [-0.1, -0.05) is 12.1 Å². The number of amides is 2. The number of imidazole rings is 1. The number of carbonyl (C=O) groups is 2. The summed E-state index contributed by atoms with van der Waals surface area (Å²) in [5.74, 6) is 1.27. The number of hydrogen-bond donors (Lipinski definition) is 1. The summed E-state index contributed by atoms with van der Waals surface area (Å²) in [4.78, 5) is 36.9. The Labute approximate surface area is 190 Å². The van der Waals surface area contributed by atoms with Gasteiger partial charge in [0.25, 0.3) is 0 Å². The molecule has 2 aliphatic heterocycles. The summed E-state index contributed by atoms with van der Waals surface area (Å²) in [6.07, 6.45) is 2.23. The van der Waals surface area contributed by atoms with E-state index in [2.05, 4.69) is 32.8 Å². The molecule has 8 nitrogen and oxygen atoms in total. The predicted molar refractivity (Wildman–Crippen MR) is 125 cm³/mol. The standard InChI is InChI=1S/C24H36N6O2/c1-5-29(6-2)22(31)12-11-17-15-25-24(32)23-20(27(17)3)13-14-30(23)16-21-26-18-9-7-8-10-19(18)28(21)4/h7-10,17,20,23H,5-6,11-16H2,1-4H3,(H,25,32). The van der Waals surface area contributed by atoms with Crippen molar-refractivity contribution in [1.82, 2.24) is 29.6 Å². The fraction of sp³-hybridized carbons (Fsp3) is 0.625. The van der Waals surface area contributed by atoms with Crippen molar-refractivity contribution < 1.29 is 9.59 Å². The minimum Gasteiger partial charge on any atom is -0.353 e. The number of nitrogens with one attached hydrogen (secondary N) is 1. The van der Waals surface area contributed by atoms with Crippen LogP contribution in [0.1, 0.15) is 38.9 Å². The Morgan fingerprint density at radius 1 is 1.22 bits per heavy atom. The Kier molecular flexibility index (Phi) is 6.81. The normalized spacial score (nSPS) is 24.4. The summed E-state index contributed by atoms with van der Waals surface area (Å²) in [7, 11) is 4.16. The van der Waals surface area contributed by atoms with E-state index in [4.69, 9.17) is 4.98 Å². The molecule has 3 atom stereocenters. The molecule has 2 aliphatic rings. The van der Waals surface area contributed by atoms with Gasteiger partial charge in [0.05, 0.1) is 17.6 Å². The van der Waals surface area contributed by atoms with E-state index in [1.165, 1.54) is 0 Å². The number of nitrogens with zero attached hydrogens (tertiary/aromatic N) is 5. The molecule has 1 N–H and O–H groups in total. The van der Waals surface area contributed by atoms with E-state index in [0.717, 1.165) is 49.3 Å². The highest BCUT2D eigenvalue weighted by molar-refractivity contribution is 5.83. The van der Waals surface area contributed by atoms with Gasteiger partial charge in [-0.25, -0.2) is 4.98 Å². The summed E-state index contributed by atoms with van der Waals surface area (Å²) in [6.45, 7) is 7.63. The average Bonchev–Trinajstić information content (AvgIpc) is 3.32. The summed E-state index contributed by atoms with van der Waals surface area (Å²) < 4.78 is 2.13. The number of fused-ring (bicyclic) bond motifs is 2. The maximum absolute atomic E-state index is 13.1. The van der Waals surface area contributed by atoms with Crippen molar-refractivity contribution in [2.24, 2.45) is 7.05 Å². The number of benzene rings is 1. The SMILES string of the molecule is CCN(CC)C(=O)CCC1CNC(=O)C2C(CCN2Cc2nc3ccccc3n2C)N1C. The fourth-order valence-electron chi connectivity index (χ4n) is 5.37. The summed E-state index contributed by atoms with van der Waals surface area (Å²) in [5.41, 5.74) is 2.10. The number of hydrogen-bond acceptors (Lipinski definition) is 5. The Balaban J connectivity index is 1.45. The topological polar surface area (TPSA) is 73.7 Å². The smallest absolute Gasteiger partial charge is 0.239 e. The minimum atomic E-state index is -0.191. The van der Waals surface area contributed by atoms with Crippen LogP contribution < -0.4 is 5.32 Å². The highest BCUT2D eigenvalue weighted by Crippen LogP contribution is 2.29. The van der Waals surface area contributed by atoms with Gasteiger partial charge < -0.3 is 14.8 Å². The van der Waals surface area contributed by atoms with Crippen LogP contribution in [0.2, 0.25) is 0 Å².